The van der Waals surface area contributed by atoms with Crippen LogP contribution in [0.3, 0.4) is 0 Å². The molecule has 0 atom stereocenters. The summed E-state index contributed by atoms with van der Waals surface area (Å²) in [6.45, 7) is 2.10. The van der Waals surface area contributed by atoms with Crippen LogP contribution in [-0.2, 0) is 17.6 Å². The average Bonchev–Trinajstić information content (AvgIpc) is 2.39. The largest absolute Gasteiger partial charge is 0.481 e. The third-order valence-electron chi connectivity index (χ3n) is 2.68. The number of carbonyl (C=O) groups is 1. The van der Waals surface area contributed by atoms with Crippen molar-refractivity contribution in [1.82, 2.24) is 9.97 Å². The third kappa shape index (κ3) is 2.91. The van der Waals surface area contributed by atoms with E-state index in [4.69, 9.17) is 5.11 Å². The molecule has 0 aliphatic heterocycles. The molecular weight excluding hydrogens is 228 g/mol. The molecule has 0 radical (unpaired) electrons. The first-order chi connectivity index (χ1) is 8.69. The van der Waals surface area contributed by atoms with E-state index in [0.717, 1.165) is 12.0 Å². The average molecular weight is 242 g/mol. The summed E-state index contributed by atoms with van der Waals surface area (Å²) in [5.74, 6) is -0.259. The zero-order valence-electron chi connectivity index (χ0n) is 10.1. The summed E-state index contributed by atoms with van der Waals surface area (Å²) in [4.78, 5) is 18.9. The van der Waals surface area contributed by atoms with Gasteiger partial charge in [0, 0.05) is 18.0 Å². The molecule has 0 spiro atoms. The Morgan fingerprint density at radius 1 is 1.11 bits per heavy atom. The van der Waals surface area contributed by atoms with Crippen LogP contribution in [0.25, 0.3) is 11.4 Å². The molecule has 18 heavy (non-hydrogen) atoms. The quantitative estimate of drug-likeness (QED) is 0.893. The van der Waals surface area contributed by atoms with Gasteiger partial charge in [-0.2, -0.15) is 0 Å². The minimum atomic E-state index is -0.876. The van der Waals surface area contributed by atoms with Crippen molar-refractivity contribution in [1.29, 1.82) is 0 Å². The van der Waals surface area contributed by atoms with Gasteiger partial charge in [0.15, 0.2) is 5.82 Å². The van der Waals surface area contributed by atoms with Crippen molar-refractivity contribution in [2.45, 2.75) is 19.8 Å². The first-order valence-electron chi connectivity index (χ1n) is 5.81. The monoisotopic (exact) mass is 242 g/mol. The Balaban J connectivity index is 2.20. The number of rotatable bonds is 4. The van der Waals surface area contributed by atoms with Gasteiger partial charge < -0.3 is 5.11 Å². The van der Waals surface area contributed by atoms with Crippen LogP contribution in [0.4, 0.5) is 0 Å². The first kappa shape index (κ1) is 12.2. The predicted molar refractivity (Wildman–Crippen MR) is 68.2 cm³/mol. The fourth-order valence-corrected chi connectivity index (χ4v) is 1.66. The predicted octanol–water partition coefficient (Wildman–Crippen LogP) is 2.33. The van der Waals surface area contributed by atoms with Gasteiger partial charge in [0.05, 0.1) is 6.42 Å². The van der Waals surface area contributed by atoms with Crippen LogP contribution in [-0.4, -0.2) is 21.0 Å². The van der Waals surface area contributed by atoms with E-state index in [2.05, 4.69) is 16.9 Å². The lowest BCUT2D eigenvalue weighted by atomic mass is 10.1. The van der Waals surface area contributed by atoms with Gasteiger partial charge in [-0.3, -0.25) is 4.79 Å². The van der Waals surface area contributed by atoms with Crippen molar-refractivity contribution in [3.63, 3.8) is 0 Å². The minimum absolute atomic E-state index is 0.0466. The van der Waals surface area contributed by atoms with E-state index >= 15 is 0 Å². The smallest absolute Gasteiger partial charge is 0.307 e. The van der Waals surface area contributed by atoms with Crippen LogP contribution in [0.1, 0.15) is 18.1 Å². The van der Waals surface area contributed by atoms with E-state index in [9.17, 15) is 4.79 Å². The highest BCUT2D eigenvalue weighted by molar-refractivity contribution is 5.70. The fraction of sp³-hybridized carbons (Fsp3) is 0.214. The van der Waals surface area contributed by atoms with E-state index < -0.39 is 5.97 Å². The SMILES string of the molecule is CCc1ccc(-c2ncc(CC(=O)O)cn2)cc1. The summed E-state index contributed by atoms with van der Waals surface area (Å²) in [5, 5.41) is 8.66. The van der Waals surface area contributed by atoms with Crippen molar-refractivity contribution in [3.05, 3.63) is 47.8 Å². The molecule has 2 aromatic rings. The van der Waals surface area contributed by atoms with E-state index in [1.165, 1.54) is 5.56 Å². The Morgan fingerprint density at radius 2 is 1.72 bits per heavy atom. The summed E-state index contributed by atoms with van der Waals surface area (Å²) in [6, 6.07) is 8.05. The van der Waals surface area contributed by atoms with Gasteiger partial charge in [-0.1, -0.05) is 31.2 Å². The lowest BCUT2D eigenvalue weighted by Gasteiger charge is -2.02. The number of aromatic nitrogens is 2. The zero-order valence-corrected chi connectivity index (χ0v) is 10.1. The summed E-state index contributed by atoms with van der Waals surface area (Å²) in [5.41, 5.74) is 2.81. The maximum atomic E-state index is 10.5. The van der Waals surface area contributed by atoms with Gasteiger partial charge in [0.2, 0.25) is 0 Å². The van der Waals surface area contributed by atoms with Crippen molar-refractivity contribution in [2.24, 2.45) is 0 Å². The Bertz CT molecular complexity index is 533. The molecule has 4 heteroatoms. The third-order valence-corrected chi connectivity index (χ3v) is 2.68. The lowest BCUT2D eigenvalue weighted by Crippen LogP contribution is -2.01. The maximum absolute atomic E-state index is 10.5. The van der Waals surface area contributed by atoms with Crippen molar-refractivity contribution in [2.75, 3.05) is 0 Å². The van der Waals surface area contributed by atoms with Crippen LogP contribution in [0, 0.1) is 0 Å². The second-order valence-electron chi connectivity index (χ2n) is 4.04. The number of benzene rings is 1. The highest BCUT2D eigenvalue weighted by Gasteiger charge is 2.04. The van der Waals surface area contributed by atoms with Crippen LogP contribution < -0.4 is 0 Å². The number of carboxylic acids is 1. The molecule has 0 bridgehead atoms. The molecular formula is C14H14N2O2. The molecule has 0 fully saturated rings. The molecule has 0 saturated carbocycles. The molecule has 1 aromatic carbocycles. The lowest BCUT2D eigenvalue weighted by molar-refractivity contribution is -0.136. The van der Waals surface area contributed by atoms with E-state index in [1.807, 2.05) is 24.3 Å². The van der Waals surface area contributed by atoms with Gasteiger partial charge in [0.25, 0.3) is 0 Å². The van der Waals surface area contributed by atoms with Gasteiger partial charge in [-0.25, -0.2) is 9.97 Å². The summed E-state index contributed by atoms with van der Waals surface area (Å²) in [6.07, 6.45) is 4.07. The second kappa shape index (κ2) is 5.40. The molecule has 0 aliphatic carbocycles. The summed E-state index contributed by atoms with van der Waals surface area (Å²) in [7, 11) is 0. The Hall–Kier alpha value is -2.23. The van der Waals surface area contributed by atoms with Crippen molar-refractivity contribution >= 4 is 5.97 Å². The van der Waals surface area contributed by atoms with Crippen LogP contribution in [0.2, 0.25) is 0 Å². The van der Waals surface area contributed by atoms with Crippen molar-refractivity contribution < 1.29 is 9.90 Å². The number of nitrogens with zero attached hydrogens (tertiary/aromatic N) is 2. The topological polar surface area (TPSA) is 63.1 Å². The highest BCUT2D eigenvalue weighted by Crippen LogP contribution is 2.15. The van der Waals surface area contributed by atoms with Crippen LogP contribution >= 0.6 is 0 Å². The van der Waals surface area contributed by atoms with Crippen LogP contribution in [0.15, 0.2) is 36.7 Å². The van der Waals surface area contributed by atoms with E-state index in [0.29, 0.717) is 11.4 Å². The van der Waals surface area contributed by atoms with Gasteiger partial charge in [-0.15, -0.1) is 0 Å². The minimum Gasteiger partial charge on any atom is -0.481 e. The standard InChI is InChI=1S/C14H14N2O2/c1-2-10-3-5-12(6-4-10)14-15-8-11(9-16-14)7-13(17)18/h3-6,8-9H,2,7H2,1H3,(H,17,18). The molecule has 92 valence electrons. The molecule has 2 rings (SSSR count). The van der Waals surface area contributed by atoms with Gasteiger partial charge in [-0.05, 0) is 17.5 Å². The van der Waals surface area contributed by atoms with Crippen molar-refractivity contribution in [3.8, 4) is 11.4 Å². The molecule has 0 aliphatic rings. The number of hydrogen-bond acceptors (Lipinski definition) is 3. The molecule has 0 amide bonds. The molecule has 4 nitrogen and oxygen atoms in total. The Kier molecular flexibility index (Phi) is 3.67. The fourth-order valence-electron chi connectivity index (χ4n) is 1.66. The number of aryl methyl sites for hydroxylation is 1. The number of aliphatic carboxylic acids is 1. The Labute approximate surface area is 105 Å². The molecule has 1 heterocycles. The summed E-state index contributed by atoms with van der Waals surface area (Å²) >= 11 is 0. The molecule has 1 aromatic heterocycles. The van der Waals surface area contributed by atoms with Gasteiger partial charge in [0.1, 0.15) is 0 Å². The number of carboxylic acid groups (broad SMARTS) is 1. The van der Waals surface area contributed by atoms with E-state index in [1.54, 1.807) is 12.4 Å². The Morgan fingerprint density at radius 3 is 2.22 bits per heavy atom. The zero-order chi connectivity index (χ0) is 13.0. The normalized spacial score (nSPS) is 10.3. The second-order valence-corrected chi connectivity index (χ2v) is 4.04. The molecule has 0 saturated heterocycles. The molecule has 0 unspecified atom stereocenters. The van der Waals surface area contributed by atoms with E-state index in [-0.39, 0.29) is 6.42 Å². The van der Waals surface area contributed by atoms with Gasteiger partial charge >= 0.3 is 5.97 Å². The maximum Gasteiger partial charge on any atom is 0.307 e. The summed E-state index contributed by atoms with van der Waals surface area (Å²) < 4.78 is 0. The highest BCUT2D eigenvalue weighted by atomic mass is 16.4. The molecule has 1 N–H and O–H groups in total. The first-order valence-corrected chi connectivity index (χ1v) is 5.81. The number of hydrogen-bond donors (Lipinski definition) is 1. The van der Waals surface area contributed by atoms with Crippen LogP contribution in [0.5, 0.6) is 0 Å².